The lowest BCUT2D eigenvalue weighted by Gasteiger charge is -2.52. The van der Waals surface area contributed by atoms with E-state index in [1.54, 1.807) is 0 Å². The van der Waals surface area contributed by atoms with Crippen molar-refractivity contribution in [3.05, 3.63) is 0 Å². The van der Waals surface area contributed by atoms with Crippen LogP contribution in [0.25, 0.3) is 0 Å². The standard InChI is InChI=1S/C10H16N2O2/c13-9-6-1-7(9)5-12(4-6)10(14)8-2-11-3-8/h6-9,11,13H,1-5H2/t6-,7+,9?. The van der Waals surface area contributed by atoms with E-state index in [1.807, 2.05) is 4.90 Å². The summed E-state index contributed by atoms with van der Waals surface area (Å²) in [5.74, 6) is 1.24. The van der Waals surface area contributed by atoms with Crippen LogP contribution in [0.5, 0.6) is 0 Å². The van der Waals surface area contributed by atoms with Crippen LogP contribution in [0, 0.1) is 17.8 Å². The van der Waals surface area contributed by atoms with E-state index in [4.69, 9.17) is 0 Å². The lowest BCUT2D eigenvalue weighted by molar-refractivity contribution is -0.155. The molecule has 4 rings (SSSR count). The quantitative estimate of drug-likeness (QED) is 0.568. The van der Waals surface area contributed by atoms with Crippen LogP contribution in [-0.4, -0.2) is 48.2 Å². The second kappa shape index (κ2) is 2.94. The molecule has 4 fully saturated rings. The number of hydrogen-bond acceptors (Lipinski definition) is 3. The minimum atomic E-state index is -0.126. The van der Waals surface area contributed by atoms with Gasteiger partial charge in [0, 0.05) is 38.0 Å². The molecule has 2 bridgehead atoms. The summed E-state index contributed by atoms with van der Waals surface area (Å²) in [5, 5.41) is 12.7. The van der Waals surface area contributed by atoms with E-state index in [1.165, 1.54) is 0 Å². The number of aliphatic hydroxyl groups excluding tert-OH is 1. The fourth-order valence-corrected chi connectivity index (χ4v) is 2.76. The summed E-state index contributed by atoms with van der Waals surface area (Å²) >= 11 is 0. The first-order valence-electron chi connectivity index (χ1n) is 5.43. The van der Waals surface area contributed by atoms with Crippen molar-refractivity contribution >= 4 is 5.91 Å². The van der Waals surface area contributed by atoms with Gasteiger partial charge in [0.15, 0.2) is 0 Å². The average Bonchev–Trinajstić information content (AvgIpc) is 2.14. The molecule has 0 radical (unpaired) electrons. The Morgan fingerprint density at radius 2 is 1.93 bits per heavy atom. The monoisotopic (exact) mass is 196 g/mol. The number of carbonyl (C=O) groups excluding carboxylic acids is 1. The third kappa shape index (κ3) is 1.10. The topological polar surface area (TPSA) is 52.6 Å². The first-order chi connectivity index (χ1) is 6.75. The Kier molecular flexibility index (Phi) is 1.82. The third-order valence-corrected chi connectivity index (χ3v) is 3.92. The third-order valence-electron chi connectivity index (χ3n) is 3.92. The van der Waals surface area contributed by atoms with E-state index in [-0.39, 0.29) is 12.0 Å². The SMILES string of the molecule is O=C(C1CNC1)N1C[C@H]2C[C@@H](C1)C2O. The molecule has 2 N–H and O–H groups in total. The zero-order valence-electron chi connectivity index (χ0n) is 8.15. The Hall–Kier alpha value is -0.610. The summed E-state index contributed by atoms with van der Waals surface area (Å²) < 4.78 is 0. The normalized spacial score (nSPS) is 41.5. The molecule has 4 nitrogen and oxygen atoms in total. The van der Waals surface area contributed by atoms with Crippen molar-refractivity contribution in [1.82, 2.24) is 10.2 Å². The molecule has 3 heterocycles. The van der Waals surface area contributed by atoms with Crippen LogP contribution in [-0.2, 0) is 4.79 Å². The minimum Gasteiger partial charge on any atom is -0.392 e. The Balaban J connectivity index is 1.62. The summed E-state index contributed by atoms with van der Waals surface area (Å²) in [6.45, 7) is 3.25. The highest BCUT2D eigenvalue weighted by atomic mass is 16.3. The Bertz CT molecular complexity index is 253. The average molecular weight is 196 g/mol. The summed E-state index contributed by atoms with van der Waals surface area (Å²) in [4.78, 5) is 13.8. The van der Waals surface area contributed by atoms with Gasteiger partial charge in [0.25, 0.3) is 0 Å². The maximum Gasteiger partial charge on any atom is 0.228 e. The molecule has 0 aromatic carbocycles. The van der Waals surface area contributed by atoms with Gasteiger partial charge in [-0.05, 0) is 6.42 Å². The van der Waals surface area contributed by atoms with Crippen molar-refractivity contribution in [3.63, 3.8) is 0 Å². The van der Waals surface area contributed by atoms with Gasteiger partial charge in [-0.2, -0.15) is 0 Å². The molecule has 78 valence electrons. The highest BCUT2D eigenvalue weighted by Crippen LogP contribution is 2.40. The first kappa shape index (κ1) is 8.68. The van der Waals surface area contributed by atoms with Gasteiger partial charge in [-0.25, -0.2) is 0 Å². The van der Waals surface area contributed by atoms with Gasteiger partial charge in [0.1, 0.15) is 0 Å². The van der Waals surface area contributed by atoms with Gasteiger partial charge < -0.3 is 15.3 Å². The molecule has 3 aliphatic heterocycles. The molecule has 1 unspecified atom stereocenters. The van der Waals surface area contributed by atoms with E-state index >= 15 is 0 Å². The molecule has 3 atom stereocenters. The maximum absolute atomic E-state index is 11.9. The molecular weight excluding hydrogens is 180 g/mol. The van der Waals surface area contributed by atoms with Crippen molar-refractivity contribution < 1.29 is 9.90 Å². The smallest absolute Gasteiger partial charge is 0.228 e. The van der Waals surface area contributed by atoms with Gasteiger partial charge in [0.2, 0.25) is 5.91 Å². The van der Waals surface area contributed by atoms with Gasteiger partial charge in [-0.15, -0.1) is 0 Å². The number of hydrogen-bond donors (Lipinski definition) is 2. The summed E-state index contributed by atoms with van der Waals surface area (Å²) in [6.07, 6.45) is 0.993. The van der Waals surface area contributed by atoms with Crippen molar-refractivity contribution in [2.45, 2.75) is 12.5 Å². The highest BCUT2D eigenvalue weighted by molar-refractivity contribution is 5.80. The number of carbonyl (C=O) groups is 1. The van der Waals surface area contributed by atoms with Crippen molar-refractivity contribution in [2.75, 3.05) is 26.2 Å². The zero-order valence-corrected chi connectivity index (χ0v) is 8.15. The molecule has 1 aliphatic carbocycles. The number of nitrogens with zero attached hydrogens (tertiary/aromatic N) is 1. The molecular formula is C10H16N2O2. The summed E-state index contributed by atoms with van der Waals surface area (Å²) in [5.41, 5.74) is 0. The molecule has 1 amide bonds. The second-order valence-electron chi connectivity index (χ2n) is 4.84. The molecule has 4 aliphatic rings. The van der Waals surface area contributed by atoms with E-state index in [2.05, 4.69) is 5.32 Å². The second-order valence-corrected chi connectivity index (χ2v) is 4.84. The molecule has 0 aromatic rings. The lowest BCUT2D eigenvalue weighted by Crippen LogP contribution is -2.62. The van der Waals surface area contributed by atoms with Crippen LogP contribution in [0.1, 0.15) is 6.42 Å². The minimum absolute atomic E-state index is 0.126. The number of aliphatic hydroxyl groups is 1. The molecule has 0 aromatic heterocycles. The van der Waals surface area contributed by atoms with Gasteiger partial charge in [0.05, 0.1) is 12.0 Å². The van der Waals surface area contributed by atoms with E-state index in [9.17, 15) is 9.90 Å². The van der Waals surface area contributed by atoms with E-state index in [0.717, 1.165) is 32.6 Å². The van der Waals surface area contributed by atoms with Crippen LogP contribution >= 0.6 is 0 Å². The molecule has 1 saturated carbocycles. The van der Waals surface area contributed by atoms with Crippen LogP contribution in [0.3, 0.4) is 0 Å². The fourth-order valence-electron chi connectivity index (χ4n) is 2.76. The van der Waals surface area contributed by atoms with Crippen molar-refractivity contribution in [2.24, 2.45) is 17.8 Å². The number of fused-ring (bicyclic) bond motifs is 2. The van der Waals surface area contributed by atoms with Gasteiger partial charge >= 0.3 is 0 Å². The van der Waals surface area contributed by atoms with Crippen molar-refractivity contribution in [3.8, 4) is 0 Å². The van der Waals surface area contributed by atoms with Crippen molar-refractivity contribution in [1.29, 1.82) is 0 Å². The fraction of sp³-hybridized carbons (Fsp3) is 0.900. The van der Waals surface area contributed by atoms with Crippen LogP contribution in [0.2, 0.25) is 0 Å². The summed E-state index contributed by atoms with van der Waals surface area (Å²) in [6, 6.07) is 0. The molecule has 14 heavy (non-hydrogen) atoms. The van der Waals surface area contributed by atoms with E-state index < -0.39 is 0 Å². The van der Waals surface area contributed by atoms with Gasteiger partial charge in [-0.1, -0.05) is 0 Å². The Morgan fingerprint density at radius 3 is 2.36 bits per heavy atom. The summed E-state index contributed by atoms with van der Waals surface area (Å²) in [7, 11) is 0. The Labute approximate surface area is 83.3 Å². The molecule has 4 heteroatoms. The van der Waals surface area contributed by atoms with Gasteiger partial charge in [-0.3, -0.25) is 4.79 Å². The largest absolute Gasteiger partial charge is 0.392 e. The van der Waals surface area contributed by atoms with Crippen LogP contribution < -0.4 is 5.32 Å². The Morgan fingerprint density at radius 1 is 1.29 bits per heavy atom. The lowest BCUT2D eigenvalue weighted by atomic mass is 9.68. The van der Waals surface area contributed by atoms with Crippen LogP contribution in [0.15, 0.2) is 0 Å². The van der Waals surface area contributed by atoms with Crippen LogP contribution in [0.4, 0.5) is 0 Å². The molecule has 3 saturated heterocycles. The predicted octanol–water partition coefficient (Wildman–Crippen LogP) is -0.955. The zero-order chi connectivity index (χ0) is 9.71. The number of amides is 1. The maximum atomic E-state index is 11.9. The number of piperidine rings is 2. The number of rotatable bonds is 1. The number of nitrogens with one attached hydrogen (secondary N) is 1. The highest BCUT2D eigenvalue weighted by Gasteiger charge is 2.47. The first-order valence-corrected chi connectivity index (χ1v) is 5.43. The molecule has 0 spiro atoms. The van der Waals surface area contributed by atoms with E-state index in [0.29, 0.717) is 17.7 Å². The predicted molar refractivity (Wildman–Crippen MR) is 50.5 cm³/mol.